The van der Waals surface area contributed by atoms with Gasteiger partial charge in [-0.05, 0) is 48.7 Å². The minimum Gasteiger partial charge on any atom is -0.352 e. The van der Waals surface area contributed by atoms with Gasteiger partial charge in [-0.15, -0.1) is 24.0 Å². The van der Waals surface area contributed by atoms with Gasteiger partial charge in [0.05, 0.1) is 0 Å². The fourth-order valence-corrected chi connectivity index (χ4v) is 2.73. The molecule has 0 fully saturated rings. The highest BCUT2D eigenvalue weighted by Gasteiger charge is 2.04. The number of pyridine rings is 1. The fraction of sp³-hybridized carbons (Fsp3) is 0.250. The molecule has 1 aromatic carbocycles. The molecule has 7 heteroatoms. The van der Waals surface area contributed by atoms with Crippen molar-refractivity contribution in [3.63, 3.8) is 0 Å². The molecule has 0 aliphatic carbocycles. The smallest absolute Gasteiger partial charge is 0.191 e. The van der Waals surface area contributed by atoms with Crippen LogP contribution in [0.15, 0.2) is 60.0 Å². The quantitative estimate of drug-likeness (QED) is 0.337. The first-order valence-electron chi connectivity index (χ1n) is 8.61. The van der Waals surface area contributed by atoms with Gasteiger partial charge in [0.2, 0.25) is 0 Å². The van der Waals surface area contributed by atoms with Crippen LogP contribution in [0.4, 0.5) is 0 Å². The van der Waals surface area contributed by atoms with E-state index in [0.717, 1.165) is 23.9 Å². The molecular formula is C20H25IN6. The lowest BCUT2D eigenvalue weighted by Gasteiger charge is -2.14. The van der Waals surface area contributed by atoms with Crippen molar-refractivity contribution in [1.82, 2.24) is 25.4 Å². The molecule has 0 unspecified atom stereocenters. The summed E-state index contributed by atoms with van der Waals surface area (Å²) in [4.78, 5) is 8.65. The van der Waals surface area contributed by atoms with Gasteiger partial charge >= 0.3 is 0 Å². The monoisotopic (exact) mass is 476 g/mol. The average molecular weight is 476 g/mol. The van der Waals surface area contributed by atoms with E-state index >= 15 is 0 Å². The second-order valence-electron chi connectivity index (χ2n) is 6.18. The molecule has 0 atom stereocenters. The Bertz CT molecular complexity index is 889. The summed E-state index contributed by atoms with van der Waals surface area (Å²) in [6.07, 6.45) is 5.41. The van der Waals surface area contributed by atoms with Crippen molar-refractivity contribution < 1.29 is 0 Å². The standard InChI is InChI=1S/C20H24N6.HI/c1-15-5-6-18(16(2)11-15)14-24-20(21-3)23-13-17-7-9-22-19(12-17)26-10-4-8-25-26;/h4-12H,13-14H2,1-3H3,(H2,21,23,24);1H. The first kappa shape index (κ1) is 20.9. The summed E-state index contributed by atoms with van der Waals surface area (Å²) in [5.74, 6) is 1.56. The first-order chi connectivity index (χ1) is 12.7. The van der Waals surface area contributed by atoms with E-state index in [0.29, 0.717) is 6.54 Å². The van der Waals surface area contributed by atoms with E-state index in [4.69, 9.17) is 0 Å². The third-order valence-electron chi connectivity index (χ3n) is 4.18. The Morgan fingerprint density at radius 3 is 2.59 bits per heavy atom. The molecule has 0 spiro atoms. The molecule has 0 saturated carbocycles. The number of nitrogens with zero attached hydrogens (tertiary/aromatic N) is 4. The van der Waals surface area contributed by atoms with Gasteiger partial charge in [-0.25, -0.2) is 9.67 Å². The normalized spacial score (nSPS) is 11.0. The lowest BCUT2D eigenvalue weighted by molar-refractivity contribution is 0.798. The van der Waals surface area contributed by atoms with Crippen molar-refractivity contribution in [2.45, 2.75) is 26.9 Å². The Morgan fingerprint density at radius 1 is 1.07 bits per heavy atom. The van der Waals surface area contributed by atoms with Crippen LogP contribution < -0.4 is 10.6 Å². The van der Waals surface area contributed by atoms with Crippen molar-refractivity contribution in [3.8, 4) is 5.82 Å². The number of aliphatic imine (C=N–C) groups is 1. The summed E-state index contributed by atoms with van der Waals surface area (Å²) in [5.41, 5.74) is 4.94. The maximum absolute atomic E-state index is 4.35. The third kappa shape index (κ3) is 5.78. The molecule has 0 bridgehead atoms. The molecular weight excluding hydrogens is 451 g/mol. The van der Waals surface area contributed by atoms with E-state index in [-0.39, 0.29) is 24.0 Å². The highest BCUT2D eigenvalue weighted by Crippen LogP contribution is 2.10. The third-order valence-corrected chi connectivity index (χ3v) is 4.18. The molecule has 6 nitrogen and oxygen atoms in total. The van der Waals surface area contributed by atoms with Crippen LogP contribution in [0.1, 0.15) is 22.3 Å². The molecule has 2 N–H and O–H groups in total. The molecule has 142 valence electrons. The van der Waals surface area contributed by atoms with Crippen LogP contribution in [-0.2, 0) is 13.1 Å². The van der Waals surface area contributed by atoms with Gasteiger partial charge < -0.3 is 10.6 Å². The Morgan fingerprint density at radius 2 is 1.89 bits per heavy atom. The minimum atomic E-state index is 0. The predicted molar refractivity (Wildman–Crippen MR) is 120 cm³/mol. The topological polar surface area (TPSA) is 67.1 Å². The number of halogens is 1. The van der Waals surface area contributed by atoms with Gasteiger partial charge in [-0.2, -0.15) is 5.10 Å². The van der Waals surface area contributed by atoms with Gasteiger partial charge in [-0.1, -0.05) is 23.8 Å². The Hall–Kier alpha value is -2.42. The zero-order valence-electron chi connectivity index (χ0n) is 15.8. The summed E-state index contributed by atoms with van der Waals surface area (Å²) >= 11 is 0. The molecule has 27 heavy (non-hydrogen) atoms. The summed E-state index contributed by atoms with van der Waals surface area (Å²) in [5, 5.41) is 10.9. The van der Waals surface area contributed by atoms with Crippen LogP contribution in [-0.4, -0.2) is 27.8 Å². The second kappa shape index (κ2) is 10.1. The molecule has 3 rings (SSSR count). The Labute approximate surface area is 177 Å². The van der Waals surface area contributed by atoms with Crippen molar-refractivity contribution in [1.29, 1.82) is 0 Å². The van der Waals surface area contributed by atoms with Crippen LogP contribution in [0, 0.1) is 13.8 Å². The van der Waals surface area contributed by atoms with E-state index in [1.54, 1.807) is 24.1 Å². The largest absolute Gasteiger partial charge is 0.352 e. The van der Waals surface area contributed by atoms with Gasteiger partial charge in [0.1, 0.15) is 0 Å². The molecule has 2 aromatic heterocycles. The van der Waals surface area contributed by atoms with Crippen LogP contribution in [0.3, 0.4) is 0 Å². The van der Waals surface area contributed by atoms with Gasteiger partial charge in [-0.3, -0.25) is 4.99 Å². The molecule has 0 aliphatic heterocycles. The van der Waals surface area contributed by atoms with Crippen molar-refractivity contribution in [3.05, 3.63) is 77.2 Å². The lowest BCUT2D eigenvalue weighted by Crippen LogP contribution is -2.36. The summed E-state index contributed by atoms with van der Waals surface area (Å²) in [6.45, 7) is 5.63. The van der Waals surface area contributed by atoms with Crippen LogP contribution in [0.25, 0.3) is 5.82 Å². The number of guanidine groups is 1. The summed E-state index contributed by atoms with van der Waals surface area (Å²) in [6, 6.07) is 12.4. The molecule has 0 saturated heterocycles. The van der Waals surface area contributed by atoms with E-state index in [1.165, 1.54) is 16.7 Å². The summed E-state index contributed by atoms with van der Waals surface area (Å²) < 4.78 is 1.75. The molecule has 0 radical (unpaired) electrons. The summed E-state index contributed by atoms with van der Waals surface area (Å²) in [7, 11) is 1.78. The maximum Gasteiger partial charge on any atom is 0.191 e. The van der Waals surface area contributed by atoms with Gasteiger partial charge in [0.15, 0.2) is 11.8 Å². The van der Waals surface area contributed by atoms with Crippen LogP contribution in [0.5, 0.6) is 0 Å². The van der Waals surface area contributed by atoms with Crippen LogP contribution in [0.2, 0.25) is 0 Å². The zero-order chi connectivity index (χ0) is 18.4. The fourth-order valence-electron chi connectivity index (χ4n) is 2.73. The zero-order valence-corrected chi connectivity index (χ0v) is 18.1. The number of hydrogen-bond donors (Lipinski definition) is 2. The number of benzene rings is 1. The second-order valence-corrected chi connectivity index (χ2v) is 6.18. The van der Waals surface area contributed by atoms with Crippen molar-refractivity contribution >= 4 is 29.9 Å². The SMILES string of the molecule is CN=C(NCc1ccnc(-n2cccn2)c1)NCc1ccc(C)cc1C.I. The number of rotatable bonds is 5. The number of hydrogen-bond acceptors (Lipinski definition) is 3. The van der Waals surface area contributed by atoms with Crippen molar-refractivity contribution in [2.75, 3.05) is 7.05 Å². The van der Waals surface area contributed by atoms with E-state index in [1.807, 2.05) is 24.4 Å². The van der Waals surface area contributed by atoms with Crippen LogP contribution >= 0.6 is 24.0 Å². The molecule has 0 aliphatic rings. The van der Waals surface area contributed by atoms with Gasteiger partial charge in [0, 0.05) is 38.7 Å². The van der Waals surface area contributed by atoms with E-state index in [2.05, 4.69) is 57.8 Å². The maximum atomic E-state index is 4.35. The molecule has 0 amide bonds. The molecule has 3 aromatic rings. The van der Waals surface area contributed by atoms with E-state index in [9.17, 15) is 0 Å². The van der Waals surface area contributed by atoms with E-state index < -0.39 is 0 Å². The van der Waals surface area contributed by atoms with Crippen molar-refractivity contribution in [2.24, 2.45) is 4.99 Å². The first-order valence-corrected chi connectivity index (χ1v) is 8.61. The highest BCUT2D eigenvalue weighted by atomic mass is 127. The highest BCUT2D eigenvalue weighted by molar-refractivity contribution is 14.0. The predicted octanol–water partition coefficient (Wildman–Crippen LogP) is 3.37. The Balaban J connectivity index is 0.00000261. The molecule has 2 heterocycles. The minimum absolute atomic E-state index is 0. The number of nitrogens with one attached hydrogen (secondary N) is 2. The Kier molecular flexibility index (Phi) is 7.78. The van der Waals surface area contributed by atoms with Gasteiger partial charge in [0.25, 0.3) is 0 Å². The lowest BCUT2D eigenvalue weighted by atomic mass is 10.1. The number of aromatic nitrogens is 3. The number of aryl methyl sites for hydroxylation is 2. The average Bonchev–Trinajstić information content (AvgIpc) is 3.18.